The van der Waals surface area contributed by atoms with Crippen LogP contribution in [0.1, 0.15) is 63.5 Å². The van der Waals surface area contributed by atoms with Crippen LogP contribution in [0, 0.1) is 0 Å². The fourth-order valence-electron chi connectivity index (χ4n) is 4.91. The highest BCUT2D eigenvalue weighted by Crippen LogP contribution is 2.31. The zero-order chi connectivity index (χ0) is 28.2. The van der Waals surface area contributed by atoms with E-state index in [1.165, 1.54) is 4.88 Å². The summed E-state index contributed by atoms with van der Waals surface area (Å²) in [7, 11) is 4.21. The molecule has 2 aromatic carbocycles. The second-order valence-electron chi connectivity index (χ2n) is 10.4. The van der Waals surface area contributed by atoms with Crippen molar-refractivity contribution in [1.82, 2.24) is 15.2 Å². The van der Waals surface area contributed by atoms with E-state index in [4.69, 9.17) is 0 Å². The van der Waals surface area contributed by atoms with Crippen molar-refractivity contribution in [3.63, 3.8) is 0 Å². The second-order valence-corrected chi connectivity index (χ2v) is 11.5. The molecule has 0 radical (unpaired) electrons. The van der Waals surface area contributed by atoms with Gasteiger partial charge < -0.3 is 10.2 Å². The zero-order valence-corrected chi connectivity index (χ0v) is 24.2. The van der Waals surface area contributed by atoms with Gasteiger partial charge in [0.05, 0.1) is 17.4 Å². The fourth-order valence-corrected chi connectivity index (χ4v) is 5.98. The van der Waals surface area contributed by atoms with E-state index in [1.54, 1.807) is 40.6 Å². The molecule has 2 amide bonds. The average molecular weight is 558 g/mol. The van der Waals surface area contributed by atoms with E-state index >= 15 is 0 Å². The highest BCUT2D eigenvalue weighted by Gasteiger charge is 2.24. The summed E-state index contributed by atoms with van der Waals surface area (Å²) in [6, 6.07) is 15.2. The lowest BCUT2D eigenvalue weighted by atomic mass is 9.97. The predicted molar refractivity (Wildman–Crippen MR) is 159 cm³/mol. The van der Waals surface area contributed by atoms with Crippen LogP contribution >= 0.6 is 11.3 Å². The van der Waals surface area contributed by atoms with E-state index in [9.17, 15) is 9.59 Å². The third-order valence-corrected chi connectivity index (χ3v) is 8.39. The lowest BCUT2D eigenvalue weighted by Crippen LogP contribution is -2.32. The standard InChI is InChI=1S/C30H35N7O2S/c1-5-23-15-19(2)37(35-34-23)24-11-9-21(10-12-24)28(38)31-18-20-7-6-8-22(16-20)29(39)33-30-32-26-14-13-25(36(3)4)17-27(26)40-30/h6-12,15-16,23,25H,5,13-14,17-18H2,1-4H3,(H,31,38)(H,32,33,39). The largest absolute Gasteiger partial charge is 0.348 e. The van der Waals surface area contributed by atoms with E-state index in [0.717, 1.165) is 48.3 Å². The summed E-state index contributed by atoms with van der Waals surface area (Å²) in [6.45, 7) is 4.39. The van der Waals surface area contributed by atoms with E-state index in [2.05, 4.69) is 58.0 Å². The highest BCUT2D eigenvalue weighted by molar-refractivity contribution is 7.15. The summed E-state index contributed by atoms with van der Waals surface area (Å²) in [5, 5.41) is 16.9. The Kier molecular flexibility index (Phi) is 8.37. The molecule has 1 aliphatic heterocycles. The van der Waals surface area contributed by atoms with Crippen molar-refractivity contribution in [3.8, 4) is 0 Å². The third-order valence-electron chi connectivity index (χ3n) is 7.36. The first-order valence-electron chi connectivity index (χ1n) is 13.6. The van der Waals surface area contributed by atoms with Gasteiger partial charge in [-0.2, -0.15) is 5.11 Å². The lowest BCUT2D eigenvalue weighted by Gasteiger charge is -2.27. The number of likely N-dealkylation sites (N-methyl/N-ethyl adjacent to an activating group) is 1. The molecule has 40 heavy (non-hydrogen) atoms. The van der Waals surface area contributed by atoms with Crippen molar-refractivity contribution in [2.75, 3.05) is 24.4 Å². The van der Waals surface area contributed by atoms with Crippen LogP contribution < -0.4 is 15.6 Å². The smallest absolute Gasteiger partial charge is 0.257 e. The van der Waals surface area contributed by atoms with E-state index < -0.39 is 0 Å². The number of hydrogen-bond donors (Lipinski definition) is 2. The number of hydrogen-bond acceptors (Lipinski definition) is 8. The van der Waals surface area contributed by atoms with Crippen LogP contribution in [0.5, 0.6) is 0 Å². The number of rotatable bonds is 8. The molecular formula is C30H35N7O2S. The van der Waals surface area contributed by atoms with Gasteiger partial charge in [-0.05, 0) is 94.7 Å². The van der Waals surface area contributed by atoms with Gasteiger partial charge in [-0.3, -0.25) is 14.9 Å². The number of allylic oxidation sites excluding steroid dienone is 1. The Labute approximate surface area is 239 Å². The van der Waals surface area contributed by atoms with Gasteiger partial charge >= 0.3 is 0 Å². The van der Waals surface area contributed by atoms with Gasteiger partial charge in [-0.25, -0.2) is 9.99 Å². The summed E-state index contributed by atoms with van der Waals surface area (Å²) in [6.07, 6.45) is 5.98. The number of carbonyl (C=O) groups excluding carboxylic acids is 2. The average Bonchev–Trinajstić information content (AvgIpc) is 3.37. The Balaban J connectivity index is 1.17. The first-order chi connectivity index (χ1) is 19.3. The fraction of sp³-hybridized carbons (Fsp3) is 0.367. The molecule has 2 heterocycles. The monoisotopic (exact) mass is 557 g/mol. The molecule has 208 valence electrons. The minimum absolute atomic E-state index is 0.111. The van der Waals surface area contributed by atoms with Crippen molar-refractivity contribution in [2.45, 2.75) is 58.2 Å². The van der Waals surface area contributed by atoms with Gasteiger partial charge in [0.2, 0.25) is 0 Å². The second kappa shape index (κ2) is 12.1. The van der Waals surface area contributed by atoms with Gasteiger partial charge in [-0.15, -0.1) is 11.3 Å². The normalized spacial score (nSPS) is 18.3. The van der Waals surface area contributed by atoms with Crippen LogP contribution in [0.2, 0.25) is 0 Å². The minimum atomic E-state index is -0.205. The van der Waals surface area contributed by atoms with Crippen LogP contribution in [0.15, 0.2) is 70.6 Å². The van der Waals surface area contributed by atoms with Gasteiger partial charge in [0.1, 0.15) is 0 Å². The first kappa shape index (κ1) is 27.7. The molecule has 5 rings (SSSR count). The lowest BCUT2D eigenvalue weighted by molar-refractivity contribution is 0.0950. The topological polar surface area (TPSA) is 102 Å². The molecule has 3 aromatic rings. The van der Waals surface area contributed by atoms with Crippen molar-refractivity contribution in [3.05, 3.63) is 87.6 Å². The number of nitrogens with one attached hydrogen (secondary N) is 2. The SMILES string of the molecule is CCC1C=C(C)N(c2ccc(C(=O)NCc3cccc(C(=O)Nc4nc5c(s4)CC(N(C)C)CC5)c3)cc2)N=N1. The highest BCUT2D eigenvalue weighted by atomic mass is 32.1. The quantitative estimate of drug-likeness (QED) is 0.375. The molecule has 2 unspecified atom stereocenters. The van der Waals surface area contributed by atoms with Crippen molar-refractivity contribution in [2.24, 2.45) is 10.3 Å². The van der Waals surface area contributed by atoms with Crippen LogP contribution in [-0.4, -0.2) is 47.9 Å². The minimum Gasteiger partial charge on any atom is -0.348 e. The Morgan fingerprint density at radius 2 is 1.90 bits per heavy atom. The summed E-state index contributed by atoms with van der Waals surface area (Å²) in [5.74, 6) is -0.395. The number of nitrogens with zero attached hydrogens (tertiary/aromatic N) is 5. The number of thiazole rings is 1. The Morgan fingerprint density at radius 1 is 1.10 bits per heavy atom. The van der Waals surface area contributed by atoms with Crippen LogP contribution in [0.25, 0.3) is 0 Å². The maximum absolute atomic E-state index is 13.0. The van der Waals surface area contributed by atoms with Crippen molar-refractivity contribution in [1.29, 1.82) is 0 Å². The Hall–Kier alpha value is -3.89. The molecule has 2 N–H and O–H groups in total. The number of amides is 2. The molecule has 1 aromatic heterocycles. The molecule has 0 saturated carbocycles. The number of carbonyl (C=O) groups is 2. The van der Waals surface area contributed by atoms with E-state index in [1.807, 2.05) is 31.2 Å². The predicted octanol–water partition coefficient (Wildman–Crippen LogP) is 5.61. The van der Waals surface area contributed by atoms with Gasteiger partial charge in [0.25, 0.3) is 11.8 Å². The van der Waals surface area contributed by atoms with Crippen LogP contribution in [0.3, 0.4) is 0 Å². The van der Waals surface area contributed by atoms with Crippen molar-refractivity contribution < 1.29 is 9.59 Å². The third kappa shape index (κ3) is 6.29. The molecule has 9 nitrogen and oxygen atoms in total. The molecule has 0 saturated heterocycles. The zero-order valence-electron chi connectivity index (χ0n) is 23.3. The summed E-state index contributed by atoms with van der Waals surface area (Å²) in [4.78, 5) is 33.9. The summed E-state index contributed by atoms with van der Waals surface area (Å²) < 4.78 is 0. The summed E-state index contributed by atoms with van der Waals surface area (Å²) in [5.41, 5.74) is 4.87. The van der Waals surface area contributed by atoms with Crippen LogP contribution in [0.4, 0.5) is 10.8 Å². The molecule has 0 fully saturated rings. The number of fused-ring (bicyclic) bond motifs is 1. The molecule has 0 bridgehead atoms. The molecule has 2 atom stereocenters. The number of anilines is 2. The van der Waals surface area contributed by atoms with Gasteiger partial charge in [0.15, 0.2) is 5.13 Å². The van der Waals surface area contributed by atoms with Gasteiger partial charge in [0, 0.05) is 34.3 Å². The molecule has 10 heteroatoms. The van der Waals surface area contributed by atoms with E-state index in [0.29, 0.717) is 28.8 Å². The number of aryl methyl sites for hydroxylation is 1. The Bertz CT molecular complexity index is 1440. The van der Waals surface area contributed by atoms with E-state index in [-0.39, 0.29) is 17.9 Å². The maximum atomic E-state index is 13.0. The number of aromatic nitrogens is 1. The van der Waals surface area contributed by atoms with Gasteiger partial charge in [-0.1, -0.05) is 24.3 Å². The van der Waals surface area contributed by atoms with Crippen LogP contribution in [-0.2, 0) is 19.4 Å². The maximum Gasteiger partial charge on any atom is 0.257 e. The molecular weight excluding hydrogens is 522 g/mol. The molecule has 1 aliphatic carbocycles. The molecule has 2 aliphatic rings. The Morgan fingerprint density at radius 3 is 2.62 bits per heavy atom. The molecule has 0 spiro atoms. The van der Waals surface area contributed by atoms with Crippen molar-refractivity contribution >= 4 is 34.0 Å². The summed E-state index contributed by atoms with van der Waals surface area (Å²) >= 11 is 1.56. The first-order valence-corrected chi connectivity index (χ1v) is 14.4. The number of benzene rings is 2.